The smallest absolute Gasteiger partial charge is 0.260 e. The first-order chi connectivity index (χ1) is 7.74. The van der Waals surface area contributed by atoms with E-state index in [1.54, 1.807) is 24.3 Å². The summed E-state index contributed by atoms with van der Waals surface area (Å²) in [6.45, 7) is 1.93. The number of aryl methyl sites for hydroxylation is 1. The molecule has 82 valence electrons. The van der Waals surface area contributed by atoms with Crippen LogP contribution < -0.4 is 0 Å². The van der Waals surface area contributed by atoms with E-state index < -0.39 is 0 Å². The summed E-state index contributed by atoms with van der Waals surface area (Å²) >= 11 is 0. The van der Waals surface area contributed by atoms with Crippen molar-refractivity contribution < 1.29 is 14.3 Å². The van der Waals surface area contributed by atoms with Gasteiger partial charge in [-0.1, -0.05) is 6.92 Å². The number of carbonyl (C=O) groups is 1. The van der Waals surface area contributed by atoms with Gasteiger partial charge in [0.25, 0.3) is 5.89 Å². The molecule has 2 aromatic rings. The summed E-state index contributed by atoms with van der Waals surface area (Å²) in [5.74, 6) is 0.952. The van der Waals surface area contributed by atoms with Crippen LogP contribution in [0.25, 0.3) is 11.3 Å². The van der Waals surface area contributed by atoms with E-state index in [1.165, 1.54) is 0 Å². The zero-order chi connectivity index (χ0) is 11.5. The maximum Gasteiger partial charge on any atom is 0.260 e. The number of aldehydes is 1. The number of phenols is 1. The van der Waals surface area contributed by atoms with E-state index in [1.807, 2.05) is 6.92 Å². The van der Waals surface area contributed by atoms with Crippen molar-refractivity contribution in [3.8, 4) is 17.0 Å². The lowest BCUT2D eigenvalue weighted by molar-refractivity contribution is 0.109. The highest BCUT2D eigenvalue weighted by atomic mass is 16.4. The Labute approximate surface area is 92.6 Å². The fourth-order valence-electron chi connectivity index (χ4n) is 1.50. The Morgan fingerprint density at radius 1 is 1.38 bits per heavy atom. The van der Waals surface area contributed by atoms with Crippen molar-refractivity contribution in [2.24, 2.45) is 0 Å². The molecule has 0 fully saturated rings. The van der Waals surface area contributed by atoms with Crippen molar-refractivity contribution in [3.63, 3.8) is 0 Å². The Morgan fingerprint density at radius 2 is 2.06 bits per heavy atom. The molecule has 0 saturated carbocycles. The first-order valence-electron chi connectivity index (χ1n) is 4.99. The first kappa shape index (κ1) is 10.4. The highest BCUT2D eigenvalue weighted by Gasteiger charge is 2.12. The van der Waals surface area contributed by atoms with Crippen molar-refractivity contribution in [1.29, 1.82) is 0 Å². The summed E-state index contributed by atoms with van der Waals surface area (Å²) in [4.78, 5) is 14.7. The van der Waals surface area contributed by atoms with Gasteiger partial charge >= 0.3 is 0 Å². The van der Waals surface area contributed by atoms with Gasteiger partial charge < -0.3 is 9.52 Å². The molecule has 0 spiro atoms. The monoisotopic (exact) mass is 217 g/mol. The molecule has 0 atom stereocenters. The number of nitrogens with zero attached hydrogens (tertiary/aromatic N) is 1. The molecular weight excluding hydrogens is 206 g/mol. The molecule has 2 rings (SSSR count). The van der Waals surface area contributed by atoms with E-state index in [2.05, 4.69) is 4.98 Å². The van der Waals surface area contributed by atoms with Gasteiger partial charge in [0, 0.05) is 12.0 Å². The van der Waals surface area contributed by atoms with Crippen LogP contribution in [0.3, 0.4) is 0 Å². The van der Waals surface area contributed by atoms with Crippen molar-refractivity contribution >= 4 is 6.29 Å². The number of aromatic nitrogens is 1. The molecule has 4 nitrogen and oxygen atoms in total. The van der Waals surface area contributed by atoms with E-state index in [0.717, 1.165) is 5.56 Å². The number of aromatic hydroxyl groups is 1. The highest BCUT2D eigenvalue weighted by molar-refractivity contribution is 5.71. The second kappa shape index (κ2) is 4.18. The third kappa shape index (κ3) is 1.82. The summed E-state index contributed by atoms with van der Waals surface area (Å²) in [6, 6.07) is 6.62. The topological polar surface area (TPSA) is 63.3 Å². The summed E-state index contributed by atoms with van der Waals surface area (Å²) in [5.41, 5.74) is 1.48. The van der Waals surface area contributed by atoms with Crippen molar-refractivity contribution in [1.82, 2.24) is 4.98 Å². The molecular formula is C12H11NO3. The van der Waals surface area contributed by atoms with Gasteiger partial charge in [-0.2, -0.15) is 0 Å². The van der Waals surface area contributed by atoms with Gasteiger partial charge in [0.15, 0.2) is 0 Å². The molecule has 0 amide bonds. The standard InChI is InChI=1S/C12H11NO3/c1-2-10-12(13-11(7-14)16-10)8-3-5-9(15)6-4-8/h3-7,15H,2H2,1H3. The summed E-state index contributed by atoms with van der Waals surface area (Å²) < 4.78 is 5.26. The summed E-state index contributed by atoms with van der Waals surface area (Å²) in [7, 11) is 0. The number of carbonyl (C=O) groups excluding carboxylic acids is 1. The third-order valence-corrected chi connectivity index (χ3v) is 2.28. The molecule has 0 bridgehead atoms. The maximum atomic E-state index is 10.6. The largest absolute Gasteiger partial charge is 0.508 e. The lowest BCUT2D eigenvalue weighted by atomic mass is 10.1. The van der Waals surface area contributed by atoms with E-state index in [-0.39, 0.29) is 11.6 Å². The molecule has 0 aliphatic heterocycles. The highest BCUT2D eigenvalue weighted by Crippen LogP contribution is 2.25. The minimum Gasteiger partial charge on any atom is -0.508 e. The van der Waals surface area contributed by atoms with Gasteiger partial charge in [0.2, 0.25) is 6.29 Å². The van der Waals surface area contributed by atoms with Crippen LogP contribution in [0, 0.1) is 0 Å². The van der Waals surface area contributed by atoms with Gasteiger partial charge in [-0.15, -0.1) is 0 Å². The zero-order valence-electron chi connectivity index (χ0n) is 8.80. The Hall–Kier alpha value is -2.10. The second-order valence-corrected chi connectivity index (χ2v) is 3.34. The molecule has 1 heterocycles. The van der Waals surface area contributed by atoms with Crippen molar-refractivity contribution in [2.45, 2.75) is 13.3 Å². The van der Waals surface area contributed by atoms with Gasteiger partial charge in [-0.05, 0) is 24.3 Å². The number of hydrogen-bond acceptors (Lipinski definition) is 4. The Balaban J connectivity index is 2.49. The van der Waals surface area contributed by atoms with Crippen LogP contribution in [0.2, 0.25) is 0 Å². The molecule has 1 N–H and O–H groups in total. The average molecular weight is 217 g/mol. The fraction of sp³-hybridized carbons (Fsp3) is 0.167. The summed E-state index contributed by atoms with van der Waals surface area (Å²) in [6.07, 6.45) is 1.25. The molecule has 4 heteroatoms. The summed E-state index contributed by atoms with van der Waals surface area (Å²) in [5, 5.41) is 9.18. The number of rotatable bonds is 3. The van der Waals surface area contributed by atoms with Crippen molar-refractivity contribution in [3.05, 3.63) is 35.9 Å². The Kier molecular flexibility index (Phi) is 2.72. The fourth-order valence-corrected chi connectivity index (χ4v) is 1.50. The van der Waals surface area contributed by atoms with Crippen molar-refractivity contribution in [2.75, 3.05) is 0 Å². The Morgan fingerprint density at radius 3 is 2.62 bits per heavy atom. The van der Waals surface area contributed by atoms with Gasteiger partial charge in [-0.3, -0.25) is 4.79 Å². The number of benzene rings is 1. The first-order valence-corrected chi connectivity index (χ1v) is 4.99. The molecule has 0 radical (unpaired) electrons. The quantitative estimate of drug-likeness (QED) is 0.802. The lowest BCUT2D eigenvalue weighted by Crippen LogP contribution is -1.84. The SMILES string of the molecule is CCc1oc(C=O)nc1-c1ccc(O)cc1. The molecule has 0 unspecified atom stereocenters. The van der Waals surface area contributed by atoms with Crippen LogP contribution in [0.5, 0.6) is 5.75 Å². The van der Waals surface area contributed by atoms with E-state index >= 15 is 0 Å². The molecule has 0 aliphatic carbocycles. The van der Waals surface area contributed by atoms with E-state index in [0.29, 0.717) is 24.2 Å². The molecule has 16 heavy (non-hydrogen) atoms. The maximum absolute atomic E-state index is 10.6. The van der Waals surface area contributed by atoms with Crippen LogP contribution in [-0.4, -0.2) is 16.4 Å². The van der Waals surface area contributed by atoms with Crippen LogP contribution in [0.15, 0.2) is 28.7 Å². The minimum atomic E-state index is 0.0833. The Bertz CT molecular complexity index is 499. The molecule has 0 saturated heterocycles. The molecule has 1 aromatic heterocycles. The van der Waals surface area contributed by atoms with E-state index in [9.17, 15) is 9.90 Å². The third-order valence-electron chi connectivity index (χ3n) is 2.28. The molecule has 0 aliphatic rings. The number of hydrogen-bond donors (Lipinski definition) is 1. The number of oxazole rings is 1. The predicted octanol–water partition coefficient (Wildman–Crippen LogP) is 2.42. The average Bonchev–Trinajstić information content (AvgIpc) is 2.73. The van der Waals surface area contributed by atoms with E-state index in [4.69, 9.17) is 4.42 Å². The lowest BCUT2D eigenvalue weighted by Gasteiger charge is -1.98. The second-order valence-electron chi connectivity index (χ2n) is 3.34. The van der Waals surface area contributed by atoms with Gasteiger partial charge in [0.1, 0.15) is 17.2 Å². The van der Waals surface area contributed by atoms with Gasteiger partial charge in [-0.25, -0.2) is 4.98 Å². The number of phenolic OH excluding ortho intramolecular Hbond substituents is 1. The van der Waals surface area contributed by atoms with Crippen LogP contribution in [-0.2, 0) is 6.42 Å². The minimum absolute atomic E-state index is 0.0833. The molecule has 1 aromatic carbocycles. The van der Waals surface area contributed by atoms with Crippen LogP contribution >= 0.6 is 0 Å². The normalized spacial score (nSPS) is 10.3. The van der Waals surface area contributed by atoms with Gasteiger partial charge in [0.05, 0.1) is 0 Å². The predicted molar refractivity (Wildman–Crippen MR) is 58.4 cm³/mol. The zero-order valence-corrected chi connectivity index (χ0v) is 8.80. The van der Waals surface area contributed by atoms with Crippen LogP contribution in [0.1, 0.15) is 23.4 Å². The van der Waals surface area contributed by atoms with Crippen LogP contribution in [0.4, 0.5) is 0 Å².